The fourth-order valence-electron chi connectivity index (χ4n) is 1.62. The van der Waals surface area contributed by atoms with Crippen LogP contribution in [0.1, 0.15) is 20.8 Å². The molecular weight excluding hydrogens is 236 g/mol. The highest BCUT2D eigenvalue weighted by Gasteiger charge is 2.45. The topological polar surface area (TPSA) is 78.9 Å². The van der Waals surface area contributed by atoms with E-state index in [4.69, 9.17) is 13.7 Å². The summed E-state index contributed by atoms with van der Waals surface area (Å²) in [6, 6.07) is 0. The molecular formula is C9H16O6S. The van der Waals surface area contributed by atoms with Crippen molar-refractivity contribution in [2.45, 2.75) is 44.9 Å². The zero-order valence-corrected chi connectivity index (χ0v) is 10.5. The minimum atomic E-state index is -3.58. The lowest BCUT2D eigenvalue weighted by molar-refractivity contribution is -0.154. The summed E-state index contributed by atoms with van der Waals surface area (Å²) in [6.07, 6.45) is -0.775. The van der Waals surface area contributed by atoms with Crippen LogP contribution in [0, 0.1) is 0 Å². The van der Waals surface area contributed by atoms with Gasteiger partial charge in [-0.1, -0.05) is 0 Å². The van der Waals surface area contributed by atoms with Gasteiger partial charge in [-0.25, -0.2) is 0 Å². The van der Waals surface area contributed by atoms with Crippen LogP contribution < -0.4 is 0 Å². The minimum Gasteiger partial charge on any atom is -0.341 e. The Bertz CT molecular complexity index is 360. The molecule has 0 radical (unpaired) electrons. The van der Waals surface area contributed by atoms with Gasteiger partial charge in [-0.05, 0) is 20.8 Å². The second-order valence-corrected chi connectivity index (χ2v) is 5.81. The van der Waals surface area contributed by atoms with Gasteiger partial charge in [0.25, 0.3) is 10.1 Å². The van der Waals surface area contributed by atoms with Crippen molar-refractivity contribution >= 4 is 16.4 Å². The molecule has 6 nitrogen and oxygen atoms in total. The highest BCUT2D eigenvalue weighted by molar-refractivity contribution is 7.86. The van der Waals surface area contributed by atoms with Gasteiger partial charge in [-0.15, -0.1) is 0 Å². The predicted molar refractivity (Wildman–Crippen MR) is 55.3 cm³/mol. The van der Waals surface area contributed by atoms with E-state index in [9.17, 15) is 13.2 Å². The molecule has 0 bridgehead atoms. The van der Waals surface area contributed by atoms with Gasteiger partial charge in [0.2, 0.25) is 0 Å². The highest BCUT2D eigenvalue weighted by Crippen LogP contribution is 2.30. The Kier molecular flexibility index (Phi) is 3.73. The third-order valence-electron chi connectivity index (χ3n) is 2.09. The third-order valence-corrected chi connectivity index (χ3v) is 2.74. The molecule has 16 heavy (non-hydrogen) atoms. The fourth-order valence-corrected chi connectivity index (χ4v) is 2.28. The third kappa shape index (κ3) is 3.51. The SMILES string of the molecule is CC(OS(C)(=O)=O)[C@H]1OC(C)(C)OC1C=O. The largest absolute Gasteiger partial charge is 0.341 e. The second kappa shape index (κ2) is 4.40. The Hall–Kier alpha value is -0.500. The zero-order valence-electron chi connectivity index (χ0n) is 9.67. The summed E-state index contributed by atoms with van der Waals surface area (Å²) in [5.41, 5.74) is 0. The number of hydrogen-bond acceptors (Lipinski definition) is 6. The summed E-state index contributed by atoms with van der Waals surface area (Å²) in [6.45, 7) is 4.82. The summed E-state index contributed by atoms with van der Waals surface area (Å²) in [7, 11) is -3.58. The maximum Gasteiger partial charge on any atom is 0.264 e. The van der Waals surface area contributed by atoms with E-state index in [0.717, 1.165) is 6.26 Å². The number of aldehydes is 1. The standard InChI is InChI=1S/C9H16O6S/c1-6(15-16(4,11)12)8-7(5-10)13-9(2,3)14-8/h5-8H,1-4H3/t6?,7?,8-/m1/s1. The normalized spacial score (nSPS) is 31.2. The molecule has 0 aromatic carbocycles. The van der Waals surface area contributed by atoms with Crippen LogP contribution >= 0.6 is 0 Å². The van der Waals surface area contributed by atoms with Crippen molar-refractivity contribution in [1.82, 2.24) is 0 Å². The van der Waals surface area contributed by atoms with E-state index in [1.807, 2.05) is 0 Å². The Morgan fingerprint density at radius 2 is 1.94 bits per heavy atom. The Balaban J connectivity index is 2.76. The fraction of sp³-hybridized carbons (Fsp3) is 0.889. The molecule has 7 heteroatoms. The van der Waals surface area contributed by atoms with E-state index >= 15 is 0 Å². The van der Waals surface area contributed by atoms with Gasteiger partial charge < -0.3 is 14.3 Å². The molecule has 1 fully saturated rings. The van der Waals surface area contributed by atoms with Gasteiger partial charge in [0.1, 0.15) is 18.3 Å². The number of rotatable bonds is 4. The number of ether oxygens (including phenoxy) is 2. The van der Waals surface area contributed by atoms with Gasteiger partial charge in [0.05, 0.1) is 6.26 Å². The lowest BCUT2D eigenvalue weighted by Gasteiger charge is -2.20. The van der Waals surface area contributed by atoms with Crippen LogP contribution in [0.25, 0.3) is 0 Å². The molecule has 0 N–H and O–H groups in total. The van der Waals surface area contributed by atoms with Crippen LogP contribution in [-0.4, -0.2) is 45.1 Å². The first-order valence-corrected chi connectivity index (χ1v) is 6.65. The molecule has 0 saturated carbocycles. The summed E-state index contributed by atoms with van der Waals surface area (Å²) >= 11 is 0. The average molecular weight is 252 g/mol. The minimum absolute atomic E-state index is 0.585. The van der Waals surface area contributed by atoms with Crippen LogP contribution in [0.2, 0.25) is 0 Å². The molecule has 0 spiro atoms. The van der Waals surface area contributed by atoms with E-state index in [0.29, 0.717) is 6.29 Å². The molecule has 3 atom stereocenters. The lowest BCUT2D eigenvalue weighted by atomic mass is 10.1. The molecule has 1 aliphatic heterocycles. The average Bonchev–Trinajstić information content (AvgIpc) is 2.38. The second-order valence-electron chi connectivity index (χ2n) is 4.21. The van der Waals surface area contributed by atoms with Crippen molar-refractivity contribution in [3.8, 4) is 0 Å². The van der Waals surface area contributed by atoms with Crippen molar-refractivity contribution in [1.29, 1.82) is 0 Å². The predicted octanol–water partition coefficient (Wildman–Crippen LogP) is 0.0701. The van der Waals surface area contributed by atoms with Crippen LogP contribution in [-0.2, 0) is 28.6 Å². The van der Waals surface area contributed by atoms with Gasteiger partial charge >= 0.3 is 0 Å². The Morgan fingerprint density at radius 1 is 1.38 bits per heavy atom. The summed E-state index contributed by atoms with van der Waals surface area (Å²) in [4.78, 5) is 10.8. The van der Waals surface area contributed by atoms with Gasteiger partial charge in [0.15, 0.2) is 12.1 Å². The van der Waals surface area contributed by atoms with Crippen molar-refractivity contribution in [3.63, 3.8) is 0 Å². The van der Waals surface area contributed by atoms with Crippen LogP contribution in [0.3, 0.4) is 0 Å². The molecule has 94 valence electrons. The molecule has 0 amide bonds. The van der Waals surface area contributed by atoms with Gasteiger partial charge in [-0.2, -0.15) is 8.42 Å². The van der Waals surface area contributed by atoms with Gasteiger partial charge in [-0.3, -0.25) is 4.18 Å². The maximum atomic E-state index is 10.9. The Labute approximate surface area is 95.0 Å². The number of carbonyl (C=O) groups is 1. The van der Waals surface area contributed by atoms with Crippen molar-refractivity contribution in [2.75, 3.05) is 6.26 Å². The van der Waals surface area contributed by atoms with Crippen LogP contribution in [0.5, 0.6) is 0 Å². The van der Waals surface area contributed by atoms with Crippen molar-refractivity contribution in [2.24, 2.45) is 0 Å². The first kappa shape index (κ1) is 13.6. The smallest absolute Gasteiger partial charge is 0.264 e. The summed E-state index contributed by atoms with van der Waals surface area (Å²) in [5, 5.41) is 0. The molecule has 1 saturated heterocycles. The molecule has 0 aliphatic carbocycles. The van der Waals surface area contributed by atoms with E-state index in [1.165, 1.54) is 6.92 Å². The first-order valence-electron chi connectivity index (χ1n) is 4.84. The maximum absolute atomic E-state index is 10.9. The molecule has 1 aliphatic rings. The van der Waals surface area contributed by atoms with Crippen molar-refractivity contribution < 1.29 is 26.9 Å². The van der Waals surface area contributed by atoms with E-state index in [-0.39, 0.29) is 0 Å². The monoisotopic (exact) mass is 252 g/mol. The highest BCUT2D eigenvalue weighted by atomic mass is 32.2. The summed E-state index contributed by atoms with van der Waals surface area (Å²) < 4.78 is 37.3. The number of carbonyl (C=O) groups excluding carboxylic acids is 1. The molecule has 0 aromatic rings. The van der Waals surface area contributed by atoms with Crippen molar-refractivity contribution in [3.05, 3.63) is 0 Å². The molecule has 1 rings (SSSR count). The molecule has 0 aromatic heterocycles. The lowest BCUT2D eigenvalue weighted by Crippen LogP contribution is -2.37. The Morgan fingerprint density at radius 3 is 2.38 bits per heavy atom. The van der Waals surface area contributed by atoms with E-state index in [2.05, 4.69) is 0 Å². The quantitative estimate of drug-likeness (QED) is 0.520. The first-order chi connectivity index (χ1) is 7.14. The summed E-state index contributed by atoms with van der Waals surface area (Å²) in [5.74, 6) is -0.911. The molecule has 1 heterocycles. The van der Waals surface area contributed by atoms with Crippen LogP contribution in [0.15, 0.2) is 0 Å². The molecule has 2 unspecified atom stereocenters. The van der Waals surface area contributed by atoms with Gasteiger partial charge in [0, 0.05) is 0 Å². The van der Waals surface area contributed by atoms with E-state index in [1.54, 1.807) is 13.8 Å². The number of hydrogen-bond donors (Lipinski definition) is 0. The van der Waals surface area contributed by atoms with Crippen LogP contribution in [0.4, 0.5) is 0 Å². The van der Waals surface area contributed by atoms with E-state index < -0.39 is 34.2 Å². The zero-order chi connectivity index (χ0) is 12.6.